The molecule has 0 unspecified atom stereocenters. The minimum Gasteiger partial charge on any atom is -0.495 e. The Labute approximate surface area is 153 Å². The van der Waals surface area contributed by atoms with Crippen LogP contribution in [0.5, 0.6) is 5.75 Å². The van der Waals surface area contributed by atoms with Gasteiger partial charge in [0.1, 0.15) is 11.6 Å². The standard InChI is InChI=1S/C20H22N4O2/c1-25-13-12-21-20-23-17(15-8-4-3-5-9-15)14-19(24-20)22-16-10-6-7-11-18(16)26-2/h3-11,14H,12-13H2,1-2H3,(H2,21,22,23,24). The fraction of sp³-hybridized carbons (Fsp3) is 0.200. The Morgan fingerprint density at radius 2 is 1.69 bits per heavy atom. The summed E-state index contributed by atoms with van der Waals surface area (Å²) in [6.07, 6.45) is 0. The van der Waals surface area contributed by atoms with Crippen LogP contribution in [0.15, 0.2) is 60.7 Å². The molecule has 3 aromatic rings. The Hall–Kier alpha value is -3.12. The fourth-order valence-corrected chi connectivity index (χ4v) is 2.50. The zero-order chi connectivity index (χ0) is 18.2. The van der Waals surface area contributed by atoms with Gasteiger partial charge in [-0.05, 0) is 12.1 Å². The molecule has 0 spiro atoms. The molecule has 0 aliphatic heterocycles. The van der Waals surface area contributed by atoms with E-state index in [1.165, 1.54) is 0 Å². The normalized spacial score (nSPS) is 10.4. The van der Waals surface area contributed by atoms with Gasteiger partial charge in [0.25, 0.3) is 0 Å². The van der Waals surface area contributed by atoms with E-state index in [1.54, 1.807) is 14.2 Å². The van der Waals surface area contributed by atoms with Gasteiger partial charge in [0.15, 0.2) is 0 Å². The van der Waals surface area contributed by atoms with Crippen molar-refractivity contribution in [2.24, 2.45) is 0 Å². The molecule has 1 aromatic heterocycles. The molecule has 0 amide bonds. The zero-order valence-electron chi connectivity index (χ0n) is 14.9. The number of hydrogen-bond donors (Lipinski definition) is 2. The molecular weight excluding hydrogens is 328 g/mol. The van der Waals surface area contributed by atoms with Crippen LogP contribution < -0.4 is 15.4 Å². The van der Waals surface area contributed by atoms with Crippen LogP contribution >= 0.6 is 0 Å². The third-order valence-electron chi connectivity index (χ3n) is 3.75. The van der Waals surface area contributed by atoms with Gasteiger partial charge in [-0.15, -0.1) is 0 Å². The van der Waals surface area contributed by atoms with Crippen LogP contribution in [0.2, 0.25) is 0 Å². The second-order valence-electron chi connectivity index (χ2n) is 5.57. The molecule has 0 bridgehead atoms. The van der Waals surface area contributed by atoms with Crippen molar-refractivity contribution in [3.8, 4) is 17.0 Å². The van der Waals surface area contributed by atoms with Gasteiger partial charge in [0, 0.05) is 25.3 Å². The van der Waals surface area contributed by atoms with Crippen LogP contribution in [0.1, 0.15) is 0 Å². The Bertz CT molecular complexity index is 840. The smallest absolute Gasteiger partial charge is 0.225 e. The maximum Gasteiger partial charge on any atom is 0.225 e. The van der Waals surface area contributed by atoms with Crippen LogP contribution in [-0.4, -0.2) is 37.3 Å². The average Bonchev–Trinajstić information content (AvgIpc) is 2.69. The highest BCUT2D eigenvalue weighted by atomic mass is 16.5. The van der Waals surface area contributed by atoms with Gasteiger partial charge in [-0.3, -0.25) is 0 Å². The molecule has 0 radical (unpaired) electrons. The molecule has 6 heteroatoms. The van der Waals surface area contributed by atoms with E-state index in [0.29, 0.717) is 24.9 Å². The SMILES string of the molecule is COCCNc1nc(Nc2ccccc2OC)cc(-c2ccccc2)n1. The molecule has 0 fully saturated rings. The second kappa shape index (κ2) is 8.82. The summed E-state index contributed by atoms with van der Waals surface area (Å²) < 4.78 is 10.5. The molecule has 1 heterocycles. The minimum atomic E-state index is 0.542. The van der Waals surface area contributed by atoms with E-state index in [1.807, 2.05) is 60.7 Å². The number of nitrogens with zero attached hydrogens (tertiary/aromatic N) is 2. The van der Waals surface area contributed by atoms with Gasteiger partial charge in [-0.1, -0.05) is 42.5 Å². The van der Waals surface area contributed by atoms with E-state index in [2.05, 4.69) is 20.6 Å². The Morgan fingerprint density at radius 1 is 0.923 bits per heavy atom. The van der Waals surface area contributed by atoms with Crippen molar-refractivity contribution in [1.29, 1.82) is 0 Å². The van der Waals surface area contributed by atoms with Crippen LogP contribution in [0.3, 0.4) is 0 Å². The van der Waals surface area contributed by atoms with Crippen molar-refractivity contribution < 1.29 is 9.47 Å². The lowest BCUT2D eigenvalue weighted by molar-refractivity contribution is 0.210. The van der Waals surface area contributed by atoms with Gasteiger partial charge in [-0.25, -0.2) is 4.98 Å². The molecule has 0 aliphatic rings. The molecule has 3 rings (SSSR count). The molecule has 2 aromatic carbocycles. The highest BCUT2D eigenvalue weighted by molar-refractivity contribution is 5.69. The van der Waals surface area contributed by atoms with Crippen molar-refractivity contribution in [3.63, 3.8) is 0 Å². The van der Waals surface area contributed by atoms with Crippen LogP contribution in [0.25, 0.3) is 11.3 Å². The van der Waals surface area contributed by atoms with Crippen molar-refractivity contribution in [2.45, 2.75) is 0 Å². The summed E-state index contributed by atoms with van der Waals surface area (Å²) in [6, 6.07) is 19.6. The highest BCUT2D eigenvalue weighted by Gasteiger charge is 2.09. The average molecular weight is 350 g/mol. The molecule has 6 nitrogen and oxygen atoms in total. The lowest BCUT2D eigenvalue weighted by Crippen LogP contribution is -2.11. The molecular formula is C20H22N4O2. The molecule has 0 saturated heterocycles. The van der Waals surface area contributed by atoms with E-state index in [9.17, 15) is 0 Å². The number of benzene rings is 2. The summed E-state index contributed by atoms with van der Waals surface area (Å²) in [5, 5.41) is 6.51. The topological polar surface area (TPSA) is 68.3 Å². The first-order valence-electron chi connectivity index (χ1n) is 8.37. The molecule has 26 heavy (non-hydrogen) atoms. The Kier molecular flexibility index (Phi) is 6.01. The molecule has 2 N–H and O–H groups in total. The zero-order valence-corrected chi connectivity index (χ0v) is 14.9. The predicted molar refractivity (Wildman–Crippen MR) is 104 cm³/mol. The number of anilines is 3. The Balaban J connectivity index is 1.93. The van der Waals surface area contributed by atoms with Crippen molar-refractivity contribution >= 4 is 17.5 Å². The number of ether oxygens (including phenoxy) is 2. The molecule has 0 aliphatic carbocycles. The van der Waals surface area contributed by atoms with E-state index in [-0.39, 0.29) is 0 Å². The first-order valence-corrected chi connectivity index (χ1v) is 8.37. The summed E-state index contributed by atoms with van der Waals surface area (Å²) in [5.41, 5.74) is 2.70. The lowest BCUT2D eigenvalue weighted by Gasteiger charge is -2.13. The lowest BCUT2D eigenvalue weighted by atomic mass is 10.1. The second-order valence-corrected chi connectivity index (χ2v) is 5.57. The largest absolute Gasteiger partial charge is 0.495 e. The van der Waals surface area contributed by atoms with Gasteiger partial charge >= 0.3 is 0 Å². The maximum atomic E-state index is 5.40. The van der Waals surface area contributed by atoms with Gasteiger partial charge in [0.2, 0.25) is 5.95 Å². The van der Waals surface area contributed by atoms with Gasteiger partial charge in [0.05, 0.1) is 25.1 Å². The van der Waals surface area contributed by atoms with E-state index < -0.39 is 0 Å². The summed E-state index contributed by atoms with van der Waals surface area (Å²) in [5.74, 6) is 1.98. The number of nitrogens with one attached hydrogen (secondary N) is 2. The molecule has 134 valence electrons. The quantitative estimate of drug-likeness (QED) is 0.600. The first-order chi connectivity index (χ1) is 12.8. The van der Waals surface area contributed by atoms with E-state index in [4.69, 9.17) is 9.47 Å². The number of methoxy groups -OCH3 is 2. The van der Waals surface area contributed by atoms with Crippen LogP contribution in [-0.2, 0) is 4.74 Å². The van der Waals surface area contributed by atoms with Gasteiger partial charge < -0.3 is 20.1 Å². The summed E-state index contributed by atoms with van der Waals surface area (Å²) >= 11 is 0. The number of para-hydroxylation sites is 2. The third kappa shape index (κ3) is 4.49. The fourth-order valence-electron chi connectivity index (χ4n) is 2.50. The first kappa shape index (κ1) is 17.7. The van der Waals surface area contributed by atoms with E-state index >= 15 is 0 Å². The predicted octanol–water partition coefficient (Wildman–Crippen LogP) is 3.95. The number of rotatable bonds is 8. The van der Waals surface area contributed by atoms with Crippen molar-refractivity contribution in [2.75, 3.05) is 38.0 Å². The van der Waals surface area contributed by atoms with Crippen LogP contribution in [0.4, 0.5) is 17.5 Å². The molecule has 0 atom stereocenters. The van der Waals surface area contributed by atoms with Crippen molar-refractivity contribution in [1.82, 2.24) is 9.97 Å². The Morgan fingerprint density at radius 3 is 2.46 bits per heavy atom. The van der Waals surface area contributed by atoms with E-state index in [0.717, 1.165) is 22.7 Å². The van der Waals surface area contributed by atoms with Crippen molar-refractivity contribution in [3.05, 3.63) is 60.7 Å². The van der Waals surface area contributed by atoms with Gasteiger partial charge in [-0.2, -0.15) is 4.98 Å². The monoisotopic (exact) mass is 350 g/mol. The third-order valence-corrected chi connectivity index (χ3v) is 3.75. The summed E-state index contributed by atoms with van der Waals surface area (Å²) in [7, 11) is 3.31. The maximum absolute atomic E-state index is 5.40. The summed E-state index contributed by atoms with van der Waals surface area (Å²) in [4.78, 5) is 9.17. The summed E-state index contributed by atoms with van der Waals surface area (Å²) in [6.45, 7) is 1.21. The minimum absolute atomic E-state index is 0.542. The highest BCUT2D eigenvalue weighted by Crippen LogP contribution is 2.28. The number of aromatic nitrogens is 2. The number of hydrogen-bond acceptors (Lipinski definition) is 6. The molecule has 0 saturated carbocycles. The van der Waals surface area contributed by atoms with Crippen LogP contribution in [0, 0.1) is 0 Å².